The largest absolute Gasteiger partial charge is 0.411 e. The molecule has 1 fully saturated rings. The third-order valence-electron chi connectivity index (χ3n) is 5.37. The van der Waals surface area contributed by atoms with Crippen LogP contribution in [0.3, 0.4) is 0 Å². The molecule has 0 aromatic heterocycles. The lowest BCUT2D eigenvalue weighted by atomic mass is 10.0. The van der Waals surface area contributed by atoms with Crippen LogP contribution >= 0.6 is 0 Å². The minimum atomic E-state index is -0.588. The summed E-state index contributed by atoms with van der Waals surface area (Å²) in [5, 5.41) is 19.3. The number of carbonyl (C=O) groups is 3. The number of fused-ring (bicyclic) bond motifs is 1. The van der Waals surface area contributed by atoms with Crippen molar-refractivity contribution in [3.63, 3.8) is 0 Å². The van der Waals surface area contributed by atoms with Gasteiger partial charge in [-0.3, -0.25) is 14.9 Å². The van der Waals surface area contributed by atoms with Crippen LogP contribution in [0.1, 0.15) is 58.9 Å². The van der Waals surface area contributed by atoms with E-state index in [2.05, 4.69) is 34.1 Å². The Labute approximate surface area is 200 Å². The normalized spacial score (nSPS) is 15.9. The van der Waals surface area contributed by atoms with E-state index in [0.29, 0.717) is 6.42 Å². The van der Waals surface area contributed by atoms with E-state index < -0.39 is 12.1 Å². The number of rotatable bonds is 6. The molecule has 1 heterocycles. The number of amides is 3. The standard InChI is InChI=1S/C13H11N3O3.C11H15NO.C2H6/c17-12-11(15-13(18)16-12)10-4-8-2-1-7(6-14-19)3-9(8)5-10;1-3-9-4-5-10(7-12-2)11(6-9)8-13;1-2/h1-3,5-6,11,19H,4H2,(H2,15,16,17,18);4-6,8,12H,3,7H2,1-2H3;1-2H3/b14-6+;;. The van der Waals surface area contributed by atoms with Gasteiger partial charge in [-0.1, -0.05) is 56.3 Å². The second-order valence-electron chi connectivity index (χ2n) is 7.53. The average Bonchev–Trinajstić information content (AvgIpc) is 3.43. The number of aldehydes is 1. The fourth-order valence-corrected chi connectivity index (χ4v) is 3.72. The van der Waals surface area contributed by atoms with Gasteiger partial charge in [-0.15, -0.1) is 0 Å². The van der Waals surface area contributed by atoms with Crippen LogP contribution in [0, 0.1) is 0 Å². The molecule has 1 aliphatic carbocycles. The van der Waals surface area contributed by atoms with Crippen LogP contribution in [0.2, 0.25) is 0 Å². The van der Waals surface area contributed by atoms with Gasteiger partial charge >= 0.3 is 6.03 Å². The average molecular weight is 465 g/mol. The lowest BCUT2D eigenvalue weighted by Crippen LogP contribution is -2.30. The van der Waals surface area contributed by atoms with Crippen LogP contribution in [-0.2, 0) is 24.2 Å². The molecule has 2 aliphatic rings. The summed E-state index contributed by atoms with van der Waals surface area (Å²) in [6.45, 7) is 6.83. The van der Waals surface area contributed by atoms with E-state index in [4.69, 9.17) is 5.21 Å². The quantitative estimate of drug-likeness (QED) is 0.172. The summed E-state index contributed by atoms with van der Waals surface area (Å²) in [6, 6.07) is 10.6. The molecule has 34 heavy (non-hydrogen) atoms. The number of imide groups is 1. The van der Waals surface area contributed by atoms with Gasteiger partial charge in [-0.05, 0) is 65.4 Å². The van der Waals surface area contributed by atoms with Crippen molar-refractivity contribution in [1.82, 2.24) is 16.0 Å². The first-order chi connectivity index (χ1) is 16.5. The van der Waals surface area contributed by atoms with E-state index in [0.717, 1.165) is 52.6 Å². The van der Waals surface area contributed by atoms with Gasteiger partial charge in [-0.2, -0.15) is 0 Å². The highest BCUT2D eigenvalue weighted by atomic mass is 16.4. The van der Waals surface area contributed by atoms with Gasteiger partial charge in [-0.25, -0.2) is 4.79 Å². The van der Waals surface area contributed by atoms with Gasteiger partial charge < -0.3 is 15.8 Å². The molecule has 1 saturated heterocycles. The molecular formula is C26H32N4O4. The molecule has 0 saturated carbocycles. The van der Waals surface area contributed by atoms with Crippen molar-refractivity contribution in [2.45, 2.75) is 46.2 Å². The predicted octanol–water partition coefficient (Wildman–Crippen LogP) is 3.45. The molecule has 3 amide bonds. The first kappa shape index (κ1) is 26.5. The molecular weight excluding hydrogens is 432 g/mol. The third-order valence-corrected chi connectivity index (χ3v) is 5.37. The van der Waals surface area contributed by atoms with Crippen molar-refractivity contribution < 1.29 is 19.6 Å². The smallest absolute Gasteiger partial charge is 0.322 e. The molecule has 1 aliphatic heterocycles. The molecule has 0 bridgehead atoms. The molecule has 180 valence electrons. The minimum Gasteiger partial charge on any atom is -0.411 e. The van der Waals surface area contributed by atoms with Crippen LogP contribution in [0.15, 0.2) is 47.1 Å². The molecule has 0 radical (unpaired) electrons. The number of hydrogen-bond acceptors (Lipinski definition) is 6. The second-order valence-corrected chi connectivity index (χ2v) is 7.53. The summed E-state index contributed by atoms with van der Waals surface area (Å²) in [4.78, 5) is 33.5. The number of benzene rings is 2. The van der Waals surface area contributed by atoms with Crippen molar-refractivity contribution in [3.05, 3.63) is 75.4 Å². The molecule has 4 rings (SSSR count). The van der Waals surface area contributed by atoms with Crippen LogP contribution in [0.25, 0.3) is 6.08 Å². The van der Waals surface area contributed by atoms with Crippen LogP contribution in [-0.4, -0.2) is 42.7 Å². The highest BCUT2D eigenvalue weighted by Crippen LogP contribution is 2.28. The first-order valence-corrected chi connectivity index (χ1v) is 11.3. The Hall–Kier alpha value is -3.78. The van der Waals surface area contributed by atoms with Gasteiger partial charge in [0.1, 0.15) is 12.3 Å². The van der Waals surface area contributed by atoms with Crippen LogP contribution in [0.4, 0.5) is 4.79 Å². The van der Waals surface area contributed by atoms with Crippen molar-refractivity contribution in [2.75, 3.05) is 7.05 Å². The number of carbonyl (C=O) groups excluding carboxylic acids is 3. The maximum atomic E-state index is 11.6. The fourth-order valence-electron chi connectivity index (χ4n) is 3.72. The van der Waals surface area contributed by atoms with Gasteiger partial charge in [0, 0.05) is 12.1 Å². The van der Waals surface area contributed by atoms with E-state index in [1.54, 1.807) is 0 Å². The van der Waals surface area contributed by atoms with Crippen molar-refractivity contribution in [3.8, 4) is 0 Å². The molecule has 2 aromatic rings. The predicted molar refractivity (Wildman–Crippen MR) is 133 cm³/mol. The zero-order chi connectivity index (χ0) is 25.1. The topological polar surface area (TPSA) is 120 Å². The summed E-state index contributed by atoms with van der Waals surface area (Å²) in [5.74, 6) is -0.318. The Morgan fingerprint density at radius 1 is 1.18 bits per heavy atom. The van der Waals surface area contributed by atoms with E-state index in [1.807, 2.05) is 57.3 Å². The third kappa shape index (κ3) is 6.62. The lowest BCUT2D eigenvalue weighted by Gasteiger charge is -2.07. The zero-order valence-corrected chi connectivity index (χ0v) is 20.0. The molecule has 1 unspecified atom stereocenters. The number of nitrogens with zero attached hydrogens (tertiary/aromatic N) is 1. The van der Waals surface area contributed by atoms with Crippen molar-refractivity contribution in [1.29, 1.82) is 0 Å². The van der Waals surface area contributed by atoms with Gasteiger partial charge in [0.25, 0.3) is 5.91 Å². The van der Waals surface area contributed by atoms with Gasteiger partial charge in [0.2, 0.25) is 0 Å². The Morgan fingerprint density at radius 3 is 2.53 bits per heavy atom. The van der Waals surface area contributed by atoms with Gasteiger partial charge in [0.05, 0.1) is 6.21 Å². The van der Waals surface area contributed by atoms with E-state index >= 15 is 0 Å². The summed E-state index contributed by atoms with van der Waals surface area (Å²) in [6.07, 6.45) is 5.76. The molecule has 1 atom stereocenters. The Balaban J connectivity index is 0.000000239. The highest BCUT2D eigenvalue weighted by molar-refractivity contribution is 6.06. The van der Waals surface area contributed by atoms with Crippen LogP contribution in [0.5, 0.6) is 0 Å². The summed E-state index contributed by atoms with van der Waals surface area (Å²) < 4.78 is 0. The number of hydrogen-bond donors (Lipinski definition) is 4. The van der Waals surface area contributed by atoms with E-state index in [1.165, 1.54) is 11.8 Å². The maximum Gasteiger partial charge on any atom is 0.322 e. The summed E-state index contributed by atoms with van der Waals surface area (Å²) in [5.41, 5.74) is 6.76. The maximum absolute atomic E-state index is 11.6. The molecule has 0 spiro atoms. The molecule has 4 N–H and O–H groups in total. The number of aryl methyl sites for hydroxylation is 1. The Bertz CT molecular complexity index is 1090. The molecule has 8 heteroatoms. The highest BCUT2D eigenvalue weighted by Gasteiger charge is 2.34. The number of nitrogens with one attached hydrogen (secondary N) is 3. The Morgan fingerprint density at radius 2 is 1.94 bits per heavy atom. The molecule has 2 aromatic carbocycles. The molecule has 8 nitrogen and oxygen atoms in total. The lowest BCUT2D eigenvalue weighted by molar-refractivity contribution is -0.119. The minimum absolute atomic E-state index is 0.318. The first-order valence-electron chi connectivity index (χ1n) is 11.3. The van der Waals surface area contributed by atoms with Crippen molar-refractivity contribution >= 4 is 30.5 Å². The van der Waals surface area contributed by atoms with Gasteiger partial charge in [0.15, 0.2) is 0 Å². The van der Waals surface area contributed by atoms with Crippen LogP contribution < -0.4 is 16.0 Å². The number of urea groups is 1. The monoisotopic (exact) mass is 464 g/mol. The number of oxime groups is 1. The van der Waals surface area contributed by atoms with E-state index in [9.17, 15) is 14.4 Å². The SMILES string of the molecule is CC.CCc1ccc(CNC)c(C=O)c1.O=C1NC(=O)C(C2=Cc3cc(/C=N/O)ccc3C2)N1. The fraction of sp³-hybridized carbons (Fsp3) is 0.308. The zero-order valence-electron chi connectivity index (χ0n) is 20.0. The second kappa shape index (κ2) is 13.1. The van der Waals surface area contributed by atoms with E-state index in [-0.39, 0.29) is 5.91 Å². The Kier molecular flexibility index (Phi) is 10.2. The van der Waals surface area contributed by atoms with Crippen molar-refractivity contribution in [2.24, 2.45) is 5.16 Å². The summed E-state index contributed by atoms with van der Waals surface area (Å²) >= 11 is 0. The summed E-state index contributed by atoms with van der Waals surface area (Å²) in [7, 11) is 1.88.